The summed E-state index contributed by atoms with van der Waals surface area (Å²) in [5.74, 6) is 0.688. The number of rotatable bonds is 2. The predicted octanol–water partition coefficient (Wildman–Crippen LogP) is 5.52. The van der Waals surface area contributed by atoms with Crippen molar-refractivity contribution in [2.75, 3.05) is 6.67 Å². The topological polar surface area (TPSA) is 0 Å². The molecule has 2 unspecified atom stereocenters. The van der Waals surface area contributed by atoms with Gasteiger partial charge in [-0.05, 0) is 59.8 Å². The van der Waals surface area contributed by atoms with Crippen molar-refractivity contribution in [1.82, 2.24) is 0 Å². The summed E-state index contributed by atoms with van der Waals surface area (Å²) in [6.07, 6.45) is 5.81. The maximum absolute atomic E-state index is 13.6. The molecule has 2 aliphatic rings. The van der Waals surface area contributed by atoms with Gasteiger partial charge in [0, 0.05) is 0 Å². The van der Waals surface area contributed by atoms with Crippen molar-refractivity contribution < 1.29 is 4.39 Å². The van der Waals surface area contributed by atoms with E-state index in [9.17, 15) is 4.39 Å². The van der Waals surface area contributed by atoms with Gasteiger partial charge in [-0.3, -0.25) is 4.39 Å². The second kappa shape index (κ2) is 4.58. The zero-order valence-corrected chi connectivity index (χ0v) is 13.1. The molecule has 0 aliphatic heterocycles. The maximum Gasteiger partial charge on any atom is 0.0948 e. The van der Waals surface area contributed by atoms with Crippen LogP contribution in [0.4, 0.5) is 4.39 Å². The van der Waals surface area contributed by atoms with E-state index >= 15 is 0 Å². The van der Waals surface area contributed by atoms with Crippen LogP contribution >= 0.6 is 0 Å². The van der Waals surface area contributed by atoms with Gasteiger partial charge in [0.2, 0.25) is 0 Å². The lowest BCUT2D eigenvalue weighted by molar-refractivity contribution is -0.0225. The molecule has 20 heavy (non-hydrogen) atoms. The lowest BCUT2D eigenvalue weighted by Gasteiger charge is -2.57. The van der Waals surface area contributed by atoms with Crippen LogP contribution in [0.5, 0.6) is 0 Å². The van der Waals surface area contributed by atoms with Crippen LogP contribution in [0, 0.1) is 16.7 Å². The fourth-order valence-corrected chi connectivity index (χ4v) is 5.55. The molecular formula is C19H27F. The Morgan fingerprint density at radius 2 is 1.70 bits per heavy atom. The Kier molecular flexibility index (Phi) is 3.23. The summed E-state index contributed by atoms with van der Waals surface area (Å²) in [5.41, 5.74) is 1.91. The van der Waals surface area contributed by atoms with Crippen molar-refractivity contribution in [3.63, 3.8) is 0 Å². The Morgan fingerprint density at radius 1 is 1.00 bits per heavy atom. The van der Waals surface area contributed by atoms with Gasteiger partial charge in [-0.1, -0.05) is 51.1 Å². The summed E-state index contributed by atoms with van der Waals surface area (Å²) in [7, 11) is 0. The quantitative estimate of drug-likeness (QED) is 0.666. The Hall–Kier alpha value is -0.850. The molecule has 2 saturated carbocycles. The molecule has 110 valence electrons. The molecule has 2 aliphatic carbocycles. The van der Waals surface area contributed by atoms with E-state index in [0.29, 0.717) is 11.3 Å². The van der Waals surface area contributed by atoms with Crippen LogP contribution in [0.25, 0.3) is 0 Å². The fourth-order valence-electron chi connectivity index (χ4n) is 5.55. The van der Waals surface area contributed by atoms with E-state index in [1.807, 2.05) is 0 Å². The second-order valence-electron chi connectivity index (χ2n) is 8.59. The van der Waals surface area contributed by atoms with Gasteiger partial charge in [0.1, 0.15) is 0 Å². The van der Waals surface area contributed by atoms with Gasteiger partial charge >= 0.3 is 0 Å². The molecule has 2 bridgehead atoms. The standard InChI is InChI=1S/C19H27F/c1-17(2)9-15-10-18(3,14-20)13-19(11-15,12-17)16-7-5-4-6-8-16/h4-8,15H,9-14H2,1-3H3/t15?,18-,19?/m0/s1. The SMILES string of the molecule is CC1(C)CC2CC(c3ccccc3)(C1)C[C@@](C)(CF)C2. The summed E-state index contributed by atoms with van der Waals surface area (Å²) in [6, 6.07) is 10.9. The summed E-state index contributed by atoms with van der Waals surface area (Å²) >= 11 is 0. The minimum Gasteiger partial charge on any atom is -0.251 e. The first kappa shape index (κ1) is 14.1. The summed E-state index contributed by atoms with van der Waals surface area (Å²) < 4.78 is 13.6. The van der Waals surface area contributed by atoms with E-state index in [0.717, 1.165) is 12.8 Å². The van der Waals surface area contributed by atoms with Crippen LogP contribution < -0.4 is 0 Å². The molecule has 0 radical (unpaired) electrons. The predicted molar refractivity (Wildman–Crippen MR) is 82.6 cm³/mol. The molecule has 0 amide bonds. The molecule has 3 atom stereocenters. The van der Waals surface area contributed by atoms with Crippen LogP contribution in [0.2, 0.25) is 0 Å². The van der Waals surface area contributed by atoms with E-state index in [1.54, 1.807) is 0 Å². The van der Waals surface area contributed by atoms with Crippen molar-refractivity contribution in [2.45, 2.75) is 58.3 Å². The molecule has 3 rings (SSSR count). The smallest absolute Gasteiger partial charge is 0.0948 e. The highest BCUT2D eigenvalue weighted by Gasteiger charge is 2.53. The van der Waals surface area contributed by atoms with Crippen molar-refractivity contribution in [3.8, 4) is 0 Å². The summed E-state index contributed by atoms with van der Waals surface area (Å²) in [4.78, 5) is 0. The molecule has 1 aromatic carbocycles. The third-order valence-electron chi connectivity index (χ3n) is 5.59. The number of halogens is 1. The number of benzene rings is 1. The molecule has 0 saturated heterocycles. The summed E-state index contributed by atoms with van der Waals surface area (Å²) in [5, 5.41) is 0. The Bertz CT molecular complexity index is 478. The monoisotopic (exact) mass is 274 g/mol. The highest BCUT2D eigenvalue weighted by molar-refractivity contribution is 5.29. The first-order chi connectivity index (χ1) is 9.37. The van der Waals surface area contributed by atoms with Gasteiger partial charge in [-0.25, -0.2) is 0 Å². The molecular weight excluding hydrogens is 247 g/mol. The highest BCUT2D eigenvalue weighted by atomic mass is 19.1. The Labute approximate surface area is 122 Å². The third kappa shape index (κ3) is 2.40. The average molecular weight is 274 g/mol. The van der Waals surface area contributed by atoms with Crippen LogP contribution in [0.15, 0.2) is 30.3 Å². The van der Waals surface area contributed by atoms with Crippen molar-refractivity contribution in [3.05, 3.63) is 35.9 Å². The fraction of sp³-hybridized carbons (Fsp3) is 0.684. The molecule has 1 heteroatoms. The lowest BCUT2D eigenvalue weighted by atomic mass is 9.48. The van der Waals surface area contributed by atoms with Crippen molar-refractivity contribution in [1.29, 1.82) is 0 Å². The first-order valence-corrected chi connectivity index (χ1v) is 7.98. The molecule has 0 spiro atoms. The van der Waals surface area contributed by atoms with Gasteiger partial charge in [-0.2, -0.15) is 0 Å². The Balaban J connectivity index is 2.04. The lowest BCUT2D eigenvalue weighted by Crippen LogP contribution is -2.49. The van der Waals surface area contributed by atoms with E-state index < -0.39 is 0 Å². The Morgan fingerprint density at radius 3 is 2.35 bits per heavy atom. The van der Waals surface area contributed by atoms with Crippen LogP contribution in [0.1, 0.15) is 58.4 Å². The van der Waals surface area contributed by atoms with E-state index in [2.05, 4.69) is 51.1 Å². The highest BCUT2D eigenvalue weighted by Crippen LogP contribution is 2.60. The molecule has 0 aromatic heterocycles. The average Bonchev–Trinajstić information content (AvgIpc) is 2.37. The number of hydrogen-bond acceptors (Lipinski definition) is 0. The van der Waals surface area contributed by atoms with E-state index in [-0.39, 0.29) is 17.5 Å². The minimum atomic E-state index is -0.168. The number of hydrogen-bond donors (Lipinski definition) is 0. The summed E-state index contributed by atoms with van der Waals surface area (Å²) in [6.45, 7) is 6.79. The minimum absolute atomic E-state index is 0.116. The largest absolute Gasteiger partial charge is 0.251 e. The first-order valence-electron chi connectivity index (χ1n) is 7.98. The van der Waals surface area contributed by atoms with Crippen LogP contribution in [-0.2, 0) is 5.41 Å². The van der Waals surface area contributed by atoms with Gasteiger partial charge in [0.15, 0.2) is 0 Å². The van der Waals surface area contributed by atoms with Crippen LogP contribution in [0.3, 0.4) is 0 Å². The molecule has 0 nitrogen and oxygen atoms in total. The molecule has 0 heterocycles. The molecule has 1 aromatic rings. The van der Waals surface area contributed by atoms with Gasteiger partial charge in [0.25, 0.3) is 0 Å². The van der Waals surface area contributed by atoms with Crippen molar-refractivity contribution in [2.24, 2.45) is 16.7 Å². The van der Waals surface area contributed by atoms with Gasteiger partial charge in [-0.15, -0.1) is 0 Å². The zero-order chi connectivity index (χ0) is 14.4. The van der Waals surface area contributed by atoms with Crippen LogP contribution in [-0.4, -0.2) is 6.67 Å². The van der Waals surface area contributed by atoms with E-state index in [1.165, 1.54) is 24.8 Å². The van der Waals surface area contributed by atoms with Crippen molar-refractivity contribution >= 4 is 0 Å². The third-order valence-corrected chi connectivity index (χ3v) is 5.59. The van der Waals surface area contributed by atoms with Gasteiger partial charge in [0.05, 0.1) is 6.67 Å². The van der Waals surface area contributed by atoms with E-state index in [4.69, 9.17) is 0 Å². The van der Waals surface area contributed by atoms with Gasteiger partial charge < -0.3 is 0 Å². The molecule has 2 fully saturated rings. The second-order valence-corrected chi connectivity index (χ2v) is 8.59. The maximum atomic E-state index is 13.6. The normalized spacial score (nSPS) is 39.5. The molecule has 0 N–H and O–H groups in total. The zero-order valence-electron chi connectivity index (χ0n) is 13.1. The number of alkyl halides is 1. The number of fused-ring (bicyclic) bond motifs is 2.